The minimum Gasteiger partial charge on any atom is -0.496 e. The number of aliphatic hydroxyl groups is 1. The van der Waals surface area contributed by atoms with Gasteiger partial charge in [0, 0.05) is 6.61 Å². The molecule has 0 saturated carbocycles. The van der Waals surface area contributed by atoms with Crippen LogP contribution < -0.4 is 4.74 Å². The summed E-state index contributed by atoms with van der Waals surface area (Å²) < 4.78 is 5.51. The smallest absolute Gasteiger partial charge is 0.122 e. The lowest BCUT2D eigenvalue weighted by Crippen LogP contribution is -2.10. The first-order chi connectivity index (χ1) is 8.27. The molecule has 94 valence electrons. The molecule has 0 amide bonds. The molecular weight excluding hydrogens is 212 g/mol. The van der Waals surface area contributed by atoms with Crippen LogP contribution in [0.25, 0.3) is 0 Å². The molecule has 1 N–H and O–H groups in total. The third-order valence-corrected chi connectivity index (χ3v) is 3.76. The van der Waals surface area contributed by atoms with E-state index in [9.17, 15) is 0 Å². The normalized spacial score (nSPS) is 14.5. The summed E-state index contributed by atoms with van der Waals surface area (Å²) in [7, 11) is 1.74. The second kappa shape index (κ2) is 5.54. The van der Waals surface area contributed by atoms with Crippen molar-refractivity contribution < 1.29 is 9.84 Å². The number of methoxy groups -OCH3 is 1. The van der Waals surface area contributed by atoms with E-state index in [1.54, 1.807) is 7.11 Å². The Bertz CT molecular complexity index is 396. The number of hydrogen-bond donors (Lipinski definition) is 1. The Morgan fingerprint density at radius 2 is 1.94 bits per heavy atom. The molecule has 2 heteroatoms. The number of aryl methyl sites for hydroxylation is 1. The zero-order valence-electron chi connectivity index (χ0n) is 10.9. The van der Waals surface area contributed by atoms with Gasteiger partial charge in [0.15, 0.2) is 0 Å². The standard InChI is InChI=1S/C15H22O2/c1-11-10-15(17-2)14(8-5-9-16)13-7-4-3-6-12(11)13/h10,16H,3-9H2,1-2H3. The first kappa shape index (κ1) is 12.4. The maximum absolute atomic E-state index is 9.01. The van der Waals surface area contributed by atoms with Crippen molar-refractivity contribution in [2.24, 2.45) is 0 Å². The minimum absolute atomic E-state index is 0.256. The molecule has 0 atom stereocenters. The molecule has 17 heavy (non-hydrogen) atoms. The van der Waals surface area contributed by atoms with Gasteiger partial charge in [-0.25, -0.2) is 0 Å². The summed E-state index contributed by atoms with van der Waals surface area (Å²) in [5.74, 6) is 1.01. The van der Waals surface area contributed by atoms with E-state index in [1.165, 1.54) is 47.9 Å². The molecule has 1 aliphatic rings. The number of aliphatic hydroxyl groups excluding tert-OH is 1. The van der Waals surface area contributed by atoms with Gasteiger partial charge in [0.05, 0.1) is 7.11 Å². The summed E-state index contributed by atoms with van der Waals surface area (Å²) in [4.78, 5) is 0. The zero-order chi connectivity index (χ0) is 12.3. The van der Waals surface area contributed by atoms with Crippen LogP contribution in [0.4, 0.5) is 0 Å². The second-order valence-electron chi connectivity index (χ2n) is 4.87. The Morgan fingerprint density at radius 1 is 1.24 bits per heavy atom. The quantitative estimate of drug-likeness (QED) is 0.868. The summed E-state index contributed by atoms with van der Waals surface area (Å²) in [5.41, 5.74) is 5.73. The van der Waals surface area contributed by atoms with Crippen molar-refractivity contribution in [1.29, 1.82) is 0 Å². The molecule has 0 spiro atoms. The second-order valence-corrected chi connectivity index (χ2v) is 4.87. The molecule has 2 rings (SSSR count). The molecule has 0 aromatic heterocycles. The molecule has 0 radical (unpaired) electrons. The van der Waals surface area contributed by atoms with Crippen LogP contribution in [-0.4, -0.2) is 18.8 Å². The summed E-state index contributed by atoms with van der Waals surface area (Å²) in [6.45, 7) is 2.44. The van der Waals surface area contributed by atoms with Gasteiger partial charge in [0.2, 0.25) is 0 Å². The maximum Gasteiger partial charge on any atom is 0.122 e. The van der Waals surface area contributed by atoms with Crippen LogP contribution in [0.3, 0.4) is 0 Å². The Morgan fingerprint density at radius 3 is 2.59 bits per heavy atom. The monoisotopic (exact) mass is 234 g/mol. The fourth-order valence-electron chi connectivity index (χ4n) is 2.91. The summed E-state index contributed by atoms with van der Waals surface area (Å²) in [6, 6.07) is 2.16. The minimum atomic E-state index is 0.256. The van der Waals surface area contributed by atoms with Gasteiger partial charge < -0.3 is 9.84 Å². The van der Waals surface area contributed by atoms with Gasteiger partial charge in [-0.1, -0.05) is 0 Å². The predicted octanol–water partition coefficient (Wildman–Crippen LogP) is 2.81. The van der Waals surface area contributed by atoms with Crippen molar-refractivity contribution in [2.45, 2.75) is 45.4 Å². The number of benzene rings is 1. The van der Waals surface area contributed by atoms with Crippen LogP contribution in [-0.2, 0) is 19.3 Å². The zero-order valence-corrected chi connectivity index (χ0v) is 10.9. The highest BCUT2D eigenvalue weighted by molar-refractivity contribution is 5.50. The Hall–Kier alpha value is -1.02. The van der Waals surface area contributed by atoms with Gasteiger partial charge in [-0.15, -0.1) is 0 Å². The van der Waals surface area contributed by atoms with Crippen molar-refractivity contribution in [1.82, 2.24) is 0 Å². The molecular formula is C15H22O2. The van der Waals surface area contributed by atoms with E-state index < -0.39 is 0 Å². The number of fused-ring (bicyclic) bond motifs is 1. The van der Waals surface area contributed by atoms with Crippen LogP contribution >= 0.6 is 0 Å². The number of hydrogen-bond acceptors (Lipinski definition) is 2. The Labute approximate surface area is 104 Å². The van der Waals surface area contributed by atoms with E-state index >= 15 is 0 Å². The molecule has 0 saturated heterocycles. The lowest BCUT2D eigenvalue weighted by Gasteiger charge is -2.24. The summed E-state index contributed by atoms with van der Waals surface area (Å²) in [6.07, 6.45) is 6.73. The first-order valence-corrected chi connectivity index (χ1v) is 6.57. The van der Waals surface area contributed by atoms with Crippen molar-refractivity contribution in [3.63, 3.8) is 0 Å². The molecule has 0 aliphatic heterocycles. The molecule has 1 aliphatic carbocycles. The fraction of sp³-hybridized carbons (Fsp3) is 0.600. The molecule has 0 heterocycles. The lowest BCUT2D eigenvalue weighted by atomic mass is 9.84. The highest BCUT2D eigenvalue weighted by Gasteiger charge is 2.18. The summed E-state index contributed by atoms with van der Waals surface area (Å²) >= 11 is 0. The number of rotatable bonds is 4. The van der Waals surface area contributed by atoms with Gasteiger partial charge in [-0.05, 0) is 73.8 Å². The average molecular weight is 234 g/mol. The molecule has 2 nitrogen and oxygen atoms in total. The van der Waals surface area contributed by atoms with Crippen LogP contribution in [0.2, 0.25) is 0 Å². The lowest BCUT2D eigenvalue weighted by molar-refractivity contribution is 0.287. The van der Waals surface area contributed by atoms with Gasteiger partial charge in [-0.3, -0.25) is 0 Å². The van der Waals surface area contributed by atoms with Crippen LogP contribution in [0, 0.1) is 6.92 Å². The van der Waals surface area contributed by atoms with E-state index in [-0.39, 0.29) is 6.61 Å². The van der Waals surface area contributed by atoms with Gasteiger partial charge in [0.1, 0.15) is 5.75 Å². The van der Waals surface area contributed by atoms with E-state index in [4.69, 9.17) is 9.84 Å². The Kier molecular flexibility index (Phi) is 4.06. The highest BCUT2D eigenvalue weighted by atomic mass is 16.5. The van der Waals surface area contributed by atoms with Gasteiger partial charge in [-0.2, -0.15) is 0 Å². The number of ether oxygens (including phenoxy) is 1. The van der Waals surface area contributed by atoms with Crippen LogP contribution in [0.5, 0.6) is 5.75 Å². The third kappa shape index (κ3) is 2.47. The van der Waals surface area contributed by atoms with Gasteiger partial charge >= 0.3 is 0 Å². The molecule has 1 aromatic carbocycles. The molecule has 0 unspecified atom stereocenters. The maximum atomic E-state index is 9.01. The topological polar surface area (TPSA) is 29.5 Å². The first-order valence-electron chi connectivity index (χ1n) is 6.57. The van der Waals surface area contributed by atoms with Crippen molar-refractivity contribution in [3.8, 4) is 5.75 Å². The van der Waals surface area contributed by atoms with E-state index in [0.717, 1.165) is 18.6 Å². The van der Waals surface area contributed by atoms with E-state index in [1.807, 2.05) is 0 Å². The molecule has 0 bridgehead atoms. The van der Waals surface area contributed by atoms with Crippen molar-refractivity contribution in [3.05, 3.63) is 28.3 Å². The van der Waals surface area contributed by atoms with E-state index in [0.29, 0.717) is 0 Å². The Balaban J connectivity index is 2.44. The van der Waals surface area contributed by atoms with E-state index in [2.05, 4.69) is 13.0 Å². The van der Waals surface area contributed by atoms with Crippen LogP contribution in [0.1, 0.15) is 41.5 Å². The molecule has 1 aromatic rings. The largest absolute Gasteiger partial charge is 0.496 e. The summed E-state index contributed by atoms with van der Waals surface area (Å²) in [5, 5.41) is 9.01. The highest BCUT2D eigenvalue weighted by Crippen LogP contribution is 2.34. The van der Waals surface area contributed by atoms with Crippen molar-refractivity contribution >= 4 is 0 Å². The third-order valence-electron chi connectivity index (χ3n) is 3.76. The van der Waals surface area contributed by atoms with Crippen LogP contribution in [0.15, 0.2) is 6.07 Å². The fourth-order valence-corrected chi connectivity index (χ4v) is 2.91. The predicted molar refractivity (Wildman–Crippen MR) is 69.8 cm³/mol. The SMILES string of the molecule is COc1cc(C)c2c(c1CCCO)CCCC2. The van der Waals surface area contributed by atoms with Gasteiger partial charge in [0.25, 0.3) is 0 Å². The average Bonchev–Trinajstić information content (AvgIpc) is 2.37. The molecule has 0 fully saturated rings. The van der Waals surface area contributed by atoms with Crippen molar-refractivity contribution in [2.75, 3.05) is 13.7 Å².